The minimum absolute atomic E-state index is 0.0416. The molecule has 1 atom stereocenters. The number of benzene rings is 3. The van der Waals surface area contributed by atoms with Crippen molar-refractivity contribution in [2.45, 2.75) is 63.1 Å². The predicted octanol–water partition coefficient (Wildman–Crippen LogP) is 5.03. The third-order valence-corrected chi connectivity index (χ3v) is 9.40. The summed E-state index contributed by atoms with van der Waals surface area (Å²) in [6.07, 6.45) is 4.82. The Hall–Kier alpha value is -5.78. The van der Waals surface area contributed by atoms with E-state index in [1.54, 1.807) is 18.2 Å². The largest absolute Gasteiger partial charge is 0.490 e. The van der Waals surface area contributed by atoms with Gasteiger partial charge in [0.2, 0.25) is 23.6 Å². The summed E-state index contributed by atoms with van der Waals surface area (Å²) in [6, 6.07) is 20.3. The number of rotatable bonds is 10. The number of methoxy groups -OCH3 is 1. The molecule has 0 spiro atoms. The minimum atomic E-state index is -0.986. The maximum Gasteiger partial charge on any atom is 0.262 e. The zero-order valence-corrected chi connectivity index (χ0v) is 27.3. The number of fused-ring (bicyclic) bond motifs is 1. The standard InChI is InChI=1S/C37H35N5O7/c1-37(2,22-6-11-26(12-7-22)49-33-20-38-32(47-3)19-39-33)21-4-9-25(10-5-21)48-27-16-24(17-27)40-23-8-13-28-29(18-23)36(46)42(35(28)45)30-14-15-31(43)41-34(30)44/h4-13,18-20,24,27,30,40H,14-17H2,1-3H3,(H,41,43,44)/t24-,27-,30?. The van der Waals surface area contributed by atoms with E-state index in [0.29, 0.717) is 23.2 Å². The summed E-state index contributed by atoms with van der Waals surface area (Å²) in [5, 5.41) is 5.65. The van der Waals surface area contributed by atoms with E-state index in [4.69, 9.17) is 14.2 Å². The Bertz CT molecular complexity index is 1920. The fraction of sp³-hybridized carbons (Fsp3) is 0.297. The highest BCUT2D eigenvalue weighted by atomic mass is 16.5. The quantitative estimate of drug-likeness (QED) is 0.222. The van der Waals surface area contributed by atoms with Crippen LogP contribution in [0.5, 0.6) is 23.3 Å². The molecule has 2 fully saturated rings. The molecule has 2 N–H and O–H groups in total. The van der Waals surface area contributed by atoms with Crippen molar-refractivity contribution < 1.29 is 33.4 Å². The van der Waals surface area contributed by atoms with E-state index < -0.39 is 29.7 Å². The third-order valence-electron chi connectivity index (χ3n) is 9.40. The van der Waals surface area contributed by atoms with E-state index in [2.05, 4.69) is 46.6 Å². The van der Waals surface area contributed by atoms with Gasteiger partial charge in [-0.05, 0) is 60.0 Å². The molecular weight excluding hydrogens is 626 g/mol. The van der Waals surface area contributed by atoms with Crippen molar-refractivity contribution in [2.24, 2.45) is 0 Å². The second-order valence-electron chi connectivity index (χ2n) is 12.9. The van der Waals surface area contributed by atoms with Crippen LogP contribution in [0.1, 0.15) is 71.4 Å². The van der Waals surface area contributed by atoms with Gasteiger partial charge in [0.15, 0.2) is 0 Å². The summed E-state index contributed by atoms with van der Waals surface area (Å²) in [4.78, 5) is 59.3. The number of carbonyl (C=O) groups is 4. The average Bonchev–Trinajstić information content (AvgIpc) is 3.33. The van der Waals surface area contributed by atoms with Crippen molar-refractivity contribution in [3.63, 3.8) is 0 Å². The van der Waals surface area contributed by atoms with E-state index in [1.807, 2.05) is 36.4 Å². The van der Waals surface area contributed by atoms with Crippen LogP contribution in [0.2, 0.25) is 0 Å². The van der Waals surface area contributed by atoms with Crippen molar-refractivity contribution in [1.82, 2.24) is 20.2 Å². The van der Waals surface area contributed by atoms with Crippen molar-refractivity contribution in [2.75, 3.05) is 12.4 Å². The van der Waals surface area contributed by atoms with Crippen LogP contribution in [-0.4, -0.2) is 63.8 Å². The second kappa shape index (κ2) is 12.7. The normalized spacial score (nSPS) is 20.3. The molecule has 3 aliphatic rings. The Morgan fingerprint density at radius 1 is 0.816 bits per heavy atom. The number of amides is 4. The maximum atomic E-state index is 13.1. The zero-order valence-electron chi connectivity index (χ0n) is 27.3. The fourth-order valence-corrected chi connectivity index (χ4v) is 6.41. The molecule has 0 radical (unpaired) electrons. The van der Waals surface area contributed by atoms with Gasteiger partial charge >= 0.3 is 0 Å². The molecule has 4 aromatic rings. The number of anilines is 1. The zero-order chi connectivity index (χ0) is 34.3. The van der Waals surface area contributed by atoms with Crippen molar-refractivity contribution in [3.8, 4) is 23.3 Å². The van der Waals surface area contributed by atoms with Gasteiger partial charge in [-0.15, -0.1) is 0 Å². The van der Waals surface area contributed by atoms with Gasteiger partial charge in [0.05, 0.1) is 30.6 Å². The Kier molecular flexibility index (Phi) is 8.23. The highest BCUT2D eigenvalue weighted by Crippen LogP contribution is 2.36. The molecule has 2 aliphatic heterocycles. The highest BCUT2D eigenvalue weighted by Gasteiger charge is 2.44. The van der Waals surface area contributed by atoms with Crippen LogP contribution in [0.25, 0.3) is 0 Å². The number of nitrogens with one attached hydrogen (secondary N) is 2. The fourth-order valence-electron chi connectivity index (χ4n) is 6.41. The molecule has 250 valence electrons. The Morgan fingerprint density at radius 3 is 2.08 bits per heavy atom. The van der Waals surface area contributed by atoms with Crippen LogP contribution in [0.4, 0.5) is 5.69 Å². The maximum absolute atomic E-state index is 13.1. The number of nitrogens with zero attached hydrogens (tertiary/aromatic N) is 3. The summed E-state index contributed by atoms with van der Waals surface area (Å²) < 4.78 is 17.1. The number of aromatic nitrogens is 2. The van der Waals surface area contributed by atoms with Gasteiger partial charge in [0.1, 0.15) is 23.6 Å². The number of piperidine rings is 1. The summed E-state index contributed by atoms with van der Waals surface area (Å²) >= 11 is 0. The van der Waals surface area contributed by atoms with Crippen LogP contribution >= 0.6 is 0 Å². The van der Waals surface area contributed by atoms with Gasteiger partial charge in [-0.2, -0.15) is 0 Å². The van der Waals surface area contributed by atoms with Gasteiger partial charge in [-0.25, -0.2) is 9.97 Å². The first-order valence-electron chi connectivity index (χ1n) is 16.1. The lowest BCUT2D eigenvalue weighted by Crippen LogP contribution is -2.54. The summed E-state index contributed by atoms with van der Waals surface area (Å²) in [5.74, 6) is 0.193. The monoisotopic (exact) mass is 661 g/mol. The molecule has 1 saturated heterocycles. The SMILES string of the molecule is COc1cnc(Oc2ccc(C(C)(C)c3ccc(O[C@H]4C[C@H](Nc5ccc6c(c5)C(=O)N(C5CCC(=O)NC5=O)C6=O)C4)cc3)cc2)cn1. The molecule has 12 heteroatoms. The molecule has 4 amide bonds. The van der Waals surface area contributed by atoms with Gasteiger partial charge in [-0.1, -0.05) is 38.1 Å². The molecule has 3 heterocycles. The molecule has 1 saturated carbocycles. The lowest BCUT2D eigenvalue weighted by atomic mass is 9.78. The van der Waals surface area contributed by atoms with E-state index in [9.17, 15) is 19.2 Å². The van der Waals surface area contributed by atoms with Crippen LogP contribution in [-0.2, 0) is 15.0 Å². The molecule has 0 bridgehead atoms. The van der Waals surface area contributed by atoms with Gasteiger partial charge in [0, 0.05) is 36.4 Å². The Morgan fingerprint density at radius 2 is 1.45 bits per heavy atom. The second-order valence-corrected chi connectivity index (χ2v) is 12.9. The molecule has 1 unspecified atom stereocenters. The lowest BCUT2D eigenvalue weighted by molar-refractivity contribution is -0.136. The van der Waals surface area contributed by atoms with E-state index in [0.717, 1.165) is 34.6 Å². The topological polar surface area (TPSA) is 149 Å². The Labute approximate surface area is 282 Å². The molecule has 1 aliphatic carbocycles. The molecule has 49 heavy (non-hydrogen) atoms. The first-order chi connectivity index (χ1) is 23.6. The highest BCUT2D eigenvalue weighted by molar-refractivity contribution is 6.23. The molecule has 1 aromatic heterocycles. The number of ether oxygens (including phenoxy) is 3. The minimum Gasteiger partial charge on any atom is -0.490 e. The average molecular weight is 662 g/mol. The van der Waals surface area contributed by atoms with Crippen molar-refractivity contribution in [1.29, 1.82) is 0 Å². The molecule has 12 nitrogen and oxygen atoms in total. The first-order valence-corrected chi connectivity index (χ1v) is 16.1. The van der Waals surface area contributed by atoms with Crippen LogP contribution in [0.15, 0.2) is 79.1 Å². The van der Waals surface area contributed by atoms with E-state index >= 15 is 0 Å². The number of hydrogen-bond donors (Lipinski definition) is 2. The number of hydrogen-bond acceptors (Lipinski definition) is 10. The Balaban J connectivity index is 0.913. The molecule has 3 aromatic carbocycles. The third kappa shape index (κ3) is 6.29. The van der Waals surface area contributed by atoms with E-state index in [1.165, 1.54) is 19.5 Å². The van der Waals surface area contributed by atoms with Crippen LogP contribution < -0.4 is 24.8 Å². The smallest absolute Gasteiger partial charge is 0.262 e. The van der Waals surface area contributed by atoms with Crippen LogP contribution in [0, 0.1) is 0 Å². The van der Waals surface area contributed by atoms with Crippen molar-refractivity contribution >= 4 is 29.3 Å². The predicted molar refractivity (Wildman–Crippen MR) is 178 cm³/mol. The summed E-state index contributed by atoms with van der Waals surface area (Å²) in [5.41, 5.74) is 3.24. The van der Waals surface area contributed by atoms with Crippen LogP contribution in [0.3, 0.4) is 0 Å². The lowest BCUT2D eigenvalue weighted by Gasteiger charge is -2.36. The van der Waals surface area contributed by atoms with E-state index in [-0.39, 0.29) is 41.5 Å². The summed E-state index contributed by atoms with van der Waals surface area (Å²) in [7, 11) is 1.53. The summed E-state index contributed by atoms with van der Waals surface area (Å²) in [6.45, 7) is 4.34. The van der Waals surface area contributed by atoms with Gasteiger partial charge < -0.3 is 19.5 Å². The van der Waals surface area contributed by atoms with Gasteiger partial charge in [0.25, 0.3) is 11.8 Å². The molecule has 7 rings (SSSR count). The number of carbonyl (C=O) groups excluding carboxylic acids is 4. The first kappa shape index (κ1) is 31.8. The van der Waals surface area contributed by atoms with Gasteiger partial charge in [-0.3, -0.25) is 29.4 Å². The molecular formula is C37H35N5O7. The van der Waals surface area contributed by atoms with Crippen molar-refractivity contribution in [3.05, 3.63) is 101 Å². The number of imide groups is 2.